The SMILES string of the molecule is ClCc1ccc(Oc2cccc3ccccc23)c(Br)c1. The Balaban J connectivity index is 2.01. The summed E-state index contributed by atoms with van der Waals surface area (Å²) in [6, 6.07) is 20.1. The van der Waals surface area contributed by atoms with Gasteiger partial charge in [0.05, 0.1) is 4.47 Å². The highest BCUT2D eigenvalue weighted by Crippen LogP contribution is 2.34. The molecule has 3 rings (SSSR count). The van der Waals surface area contributed by atoms with E-state index in [0.717, 1.165) is 26.9 Å². The third-order valence-electron chi connectivity index (χ3n) is 3.12. The quantitative estimate of drug-likeness (QED) is 0.518. The lowest BCUT2D eigenvalue weighted by Crippen LogP contribution is -1.88. The van der Waals surface area contributed by atoms with E-state index in [9.17, 15) is 0 Å². The van der Waals surface area contributed by atoms with Crippen molar-refractivity contribution in [3.05, 3.63) is 70.7 Å². The molecule has 0 aromatic heterocycles. The fourth-order valence-corrected chi connectivity index (χ4v) is 2.79. The van der Waals surface area contributed by atoms with Crippen molar-refractivity contribution in [1.82, 2.24) is 0 Å². The van der Waals surface area contributed by atoms with Crippen LogP contribution in [0.25, 0.3) is 10.8 Å². The number of ether oxygens (including phenoxy) is 1. The first-order valence-electron chi connectivity index (χ1n) is 6.28. The molecule has 3 heteroatoms. The Hall–Kier alpha value is -1.51. The molecule has 100 valence electrons. The Morgan fingerprint density at radius 2 is 1.70 bits per heavy atom. The van der Waals surface area contributed by atoms with Crippen LogP contribution in [0.2, 0.25) is 0 Å². The summed E-state index contributed by atoms with van der Waals surface area (Å²) in [6.07, 6.45) is 0. The van der Waals surface area contributed by atoms with Crippen molar-refractivity contribution in [2.24, 2.45) is 0 Å². The van der Waals surface area contributed by atoms with E-state index < -0.39 is 0 Å². The zero-order valence-corrected chi connectivity index (χ0v) is 13.0. The second-order valence-electron chi connectivity index (χ2n) is 4.48. The van der Waals surface area contributed by atoms with Crippen molar-refractivity contribution >= 4 is 38.3 Å². The first-order valence-corrected chi connectivity index (χ1v) is 7.60. The molecule has 0 heterocycles. The monoisotopic (exact) mass is 346 g/mol. The molecular weight excluding hydrogens is 336 g/mol. The standard InChI is InChI=1S/C17H12BrClO/c18-15-10-12(11-19)8-9-17(15)20-16-7-3-5-13-4-1-2-6-14(13)16/h1-10H,11H2. The van der Waals surface area contributed by atoms with Crippen LogP contribution in [0.1, 0.15) is 5.56 Å². The molecule has 0 unspecified atom stereocenters. The molecular formula is C17H12BrClO. The Labute approximate surface area is 131 Å². The van der Waals surface area contributed by atoms with Gasteiger partial charge in [0.1, 0.15) is 11.5 Å². The Kier molecular flexibility index (Phi) is 3.95. The summed E-state index contributed by atoms with van der Waals surface area (Å²) in [4.78, 5) is 0. The third kappa shape index (κ3) is 2.67. The lowest BCUT2D eigenvalue weighted by molar-refractivity contribution is 0.485. The first-order chi connectivity index (χ1) is 9.78. The van der Waals surface area contributed by atoms with Crippen molar-refractivity contribution in [3.8, 4) is 11.5 Å². The molecule has 3 aromatic rings. The Morgan fingerprint density at radius 3 is 2.50 bits per heavy atom. The average Bonchev–Trinajstić information content (AvgIpc) is 2.49. The van der Waals surface area contributed by atoms with E-state index in [-0.39, 0.29) is 0 Å². The van der Waals surface area contributed by atoms with E-state index in [4.69, 9.17) is 16.3 Å². The van der Waals surface area contributed by atoms with Gasteiger partial charge in [-0.1, -0.05) is 42.5 Å². The van der Waals surface area contributed by atoms with Crippen LogP contribution >= 0.6 is 27.5 Å². The van der Waals surface area contributed by atoms with Crippen LogP contribution < -0.4 is 4.74 Å². The first kappa shape index (κ1) is 13.5. The van der Waals surface area contributed by atoms with Crippen molar-refractivity contribution < 1.29 is 4.74 Å². The van der Waals surface area contributed by atoms with Crippen molar-refractivity contribution in [3.63, 3.8) is 0 Å². The van der Waals surface area contributed by atoms with Gasteiger partial charge >= 0.3 is 0 Å². The van der Waals surface area contributed by atoms with Gasteiger partial charge in [0.15, 0.2) is 0 Å². The molecule has 0 aliphatic heterocycles. The van der Waals surface area contributed by atoms with Crippen molar-refractivity contribution in [1.29, 1.82) is 0 Å². The van der Waals surface area contributed by atoms with Crippen LogP contribution in [-0.2, 0) is 5.88 Å². The van der Waals surface area contributed by atoms with E-state index in [1.54, 1.807) is 0 Å². The lowest BCUT2D eigenvalue weighted by atomic mass is 10.1. The van der Waals surface area contributed by atoms with Gasteiger partial charge in [-0.15, -0.1) is 11.6 Å². The maximum absolute atomic E-state index is 6.03. The molecule has 0 bridgehead atoms. The molecule has 0 spiro atoms. The van der Waals surface area contributed by atoms with Crippen LogP contribution in [0.5, 0.6) is 11.5 Å². The molecule has 20 heavy (non-hydrogen) atoms. The van der Waals surface area contributed by atoms with Gasteiger partial charge in [-0.25, -0.2) is 0 Å². The van der Waals surface area contributed by atoms with Crippen LogP contribution in [0, 0.1) is 0 Å². The Bertz CT molecular complexity index is 750. The Morgan fingerprint density at radius 1 is 0.900 bits per heavy atom. The predicted octanol–water partition coefficient (Wildman–Crippen LogP) is 6.13. The van der Waals surface area contributed by atoms with E-state index in [0.29, 0.717) is 5.88 Å². The highest BCUT2D eigenvalue weighted by Gasteiger charge is 2.06. The minimum atomic E-state index is 0.493. The molecule has 0 saturated carbocycles. The summed E-state index contributed by atoms with van der Waals surface area (Å²) in [5.74, 6) is 2.13. The molecule has 0 aliphatic carbocycles. The van der Waals surface area contributed by atoms with Crippen LogP contribution in [-0.4, -0.2) is 0 Å². The summed E-state index contributed by atoms with van der Waals surface area (Å²) >= 11 is 9.35. The number of hydrogen-bond acceptors (Lipinski definition) is 1. The summed E-state index contributed by atoms with van der Waals surface area (Å²) in [6.45, 7) is 0. The summed E-state index contributed by atoms with van der Waals surface area (Å²) in [7, 11) is 0. The van der Waals surface area contributed by atoms with Crippen LogP contribution in [0.15, 0.2) is 65.1 Å². The van der Waals surface area contributed by atoms with Crippen LogP contribution in [0.3, 0.4) is 0 Å². The normalized spacial score (nSPS) is 10.7. The summed E-state index contributed by atoms with van der Waals surface area (Å²) in [5, 5.41) is 2.27. The van der Waals surface area contributed by atoms with E-state index in [1.807, 2.05) is 42.5 Å². The molecule has 0 atom stereocenters. The number of halogens is 2. The highest BCUT2D eigenvalue weighted by molar-refractivity contribution is 9.10. The largest absolute Gasteiger partial charge is 0.456 e. The zero-order valence-electron chi connectivity index (χ0n) is 10.6. The van der Waals surface area contributed by atoms with Gasteiger partial charge in [-0.2, -0.15) is 0 Å². The predicted molar refractivity (Wildman–Crippen MR) is 87.7 cm³/mol. The van der Waals surface area contributed by atoms with E-state index in [2.05, 4.69) is 34.1 Å². The maximum Gasteiger partial charge on any atom is 0.141 e. The minimum absolute atomic E-state index is 0.493. The number of fused-ring (bicyclic) bond motifs is 1. The molecule has 0 N–H and O–H groups in total. The summed E-state index contributed by atoms with van der Waals surface area (Å²) < 4.78 is 6.94. The van der Waals surface area contributed by atoms with Crippen molar-refractivity contribution in [2.75, 3.05) is 0 Å². The van der Waals surface area contributed by atoms with Gasteiger partial charge < -0.3 is 4.74 Å². The molecule has 1 nitrogen and oxygen atoms in total. The highest BCUT2D eigenvalue weighted by atomic mass is 79.9. The summed E-state index contributed by atoms with van der Waals surface area (Å²) in [5.41, 5.74) is 1.06. The van der Waals surface area contributed by atoms with Crippen molar-refractivity contribution in [2.45, 2.75) is 5.88 Å². The van der Waals surface area contributed by atoms with E-state index >= 15 is 0 Å². The second kappa shape index (κ2) is 5.86. The van der Waals surface area contributed by atoms with Gasteiger partial charge in [0.25, 0.3) is 0 Å². The third-order valence-corrected chi connectivity index (χ3v) is 4.05. The molecule has 0 amide bonds. The molecule has 0 saturated heterocycles. The molecule has 0 aliphatic rings. The smallest absolute Gasteiger partial charge is 0.141 e. The maximum atomic E-state index is 6.03. The van der Waals surface area contributed by atoms with Gasteiger partial charge in [0, 0.05) is 11.3 Å². The average molecular weight is 348 g/mol. The topological polar surface area (TPSA) is 9.23 Å². The number of hydrogen-bond donors (Lipinski definition) is 0. The lowest BCUT2D eigenvalue weighted by Gasteiger charge is -2.11. The van der Waals surface area contributed by atoms with Gasteiger partial charge in [-0.3, -0.25) is 0 Å². The fourth-order valence-electron chi connectivity index (χ4n) is 2.11. The van der Waals surface area contributed by atoms with Gasteiger partial charge in [0.2, 0.25) is 0 Å². The molecule has 0 fully saturated rings. The number of benzene rings is 3. The number of rotatable bonds is 3. The number of alkyl halides is 1. The van der Waals surface area contributed by atoms with Crippen LogP contribution in [0.4, 0.5) is 0 Å². The van der Waals surface area contributed by atoms with Gasteiger partial charge in [-0.05, 0) is 45.1 Å². The fraction of sp³-hybridized carbons (Fsp3) is 0.0588. The minimum Gasteiger partial charge on any atom is -0.456 e. The zero-order chi connectivity index (χ0) is 13.9. The van der Waals surface area contributed by atoms with E-state index in [1.165, 1.54) is 5.39 Å². The second-order valence-corrected chi connectivity index (χ2v) is 5.60. The molecule has 0 radical (unpaired) electrons. The molecule has 3 aromatic carbocycles.